The molecule has 0 saturated heterocycles. The molecule has 0 aliphatic heterocycles. The van der Waals surface area contributed by atoms with Crippen molar-refractivity contribution in [1.82, 2.24) is 4.90 Å². The van der Waals surface area contributed by atoms with Gasteiger partial charge in [-0.1, -0.05) is 25.7 Å². The van der Waals surface area contributed by atoms with Crippen molar-refractivity contribution in [2.24, 2.45) is 17.8 Å². The van der Waals surface area contributed by atoms with E-state index in [2.05, 4.69) is 6.92 Å². The number of carbonyl (C=O) groups excluding carboxylic acids is 1. The van der Waals surface area contributed by atoms with E-state index in [4.69, 9.17) is 11.6 Å². The van der Waals surface area contributed by atoms with Crippen molar-refractivity contribution < 1.29 is 4.79 Å². The summed E-state index contributed by atoms with van der Waals surface area (Å²) in [5.74, 6) is 3.12. The number of fused-ring (bicyclic) bond motifs is 1. The molecule has 1 amide bonds. The average Bonchev–Trinajstić information content (AvgIpc) is 2.47. The first kappa shape index (κ1) is 15.2. The second kappa shape index (κ2) is 7.52. The third-order valence-corrected chi connectivity index (χ3v) is 5.41. The van der Waals surface area contributed by atoms with Crippen molar-refractivity contribution in [3.8, 4) is 0 Å². The molecule has 0 aromatic carbocycles. The summed E-state index contributed by atoms with van der Waals surface area (Å²) in [5, 5.41) is 0. The molecule has 2 aliphatic carbocycles. The molecular weight excluding hydrogens is 258 g/mol. The van der Waals surface area contributed by atoms with E-state index in [1.165, 1.54) is 32.1 Å². The summed E-state index contributed by atoms with van der Waals surface area (Å²) in [7, 11) is 0. The van der Waals surface area contributed by atoms with E-state index < -0.39 is 0 Å². The first-order valence-corrected chi connectivity index (χ1v) is 8.64. The van der Waals surface area contributed by atoms with Gasteiger partial charge in [-0.15, -0.1) is 11.6 Å². The summed E-state index contributed by atoms with van der Waals surface area (Å²) in [6.45, 7) is 3.75. The van der Waals surface area contributed by atoms with Crippen LogP contribution < -0.4 is 0 Å². The van der Waals surface area contributed by atoms with Crippen LogP contribution in [0.2, 0.25) is 0 Å². The van der Waals surface area contributed by atoms with E-state index in [-0.39, 0.29) is 0 Å². The standard InChI is InChI=1S/C16H28ClNO/c1-2-18(11-5-10-17)16(19)15-9-8-13-6-3-4-7-14(13)12-15/h13-15H,2-12H2,1H3. The zero-order chi connectivity index (χ0) is 13.7. The predicted molar refractivity (Wildman–Crippen MR) is 80.4 cm³/mol. The monoisotopic (exact) mass is 285 g/mol. The van der Waals surface area contributed by atoms with Gasteiger partial charge in [0.1, 0.15) is 0 Å². The van der Waals surface area contributed by atoms with Crippen molar-refractivity contribution >= 4 is 17.5 Å². The van der Waals surface area contributed by atoms with Gasteiger partial charge < -0.3 is 4.90 Å². The van der Waals surface area contributed by atoms with E-state index in [0.29, 0.717) is 17.7 Å². The van der Waals surface area contributed by atoms with E-state index in [9.17, 15) is 4.79 Å². The second-order valence-electron chi connectivity index (χ2n) is 6.28. The Morgan fingerprint density at radius 2 is 1.89 bits per heavy atom. The van der Waals surface area contributed by atoms with Crippen molar-refractivity contribution in [3.05, 3.63) is 0 Å². The van der Waals surface area contributed by atoms with E-state index >= 15 is 0 Å². The first-order valence-electron chi connectivity index (χ1n) is 8.11. The van der Waals surface area contributed by atoms with Gasteiger partial charge in [-0.3, -0.25) is 4.79 Å². The Kier molecular flexibility index (Phi) is 6.00. The van der Waals surface area contributed by atoms with Crippen LogP contribution in [-0.2, 0) is 4.79 Å². The zero-order valence-electron chi connectivity index (χ0n) is 12.2. The van der Waals surface area contributed by atoms with Crippen LogP contribution in [0.3, 0.4) is 0 Å². The fourth-order valence-electron chi connectivity index (χ4n) is 4.03. The fraction of sp³-hybridized carbons (Fsp3) is 0.938. The van der Waals surface area contributed by atoms with Gasteiger partial charge in [-0.25, -0.2) is 0 Å². The smallest absolute Gasteiger partial charge is 0.225 e. The van der Waals surface area contributed by atoms with Gasteiger partial charge >= 0.3 is 0 Å². The second-order valence-corrected chi connectivity index (χ2v) is 6.65. The van der Waals surface area contributed by atoms with E-state index in [0.717, 1.165) is 44.2 Å². The largest absolute Gasteiger partial charge is 0.343 e. The van der Waals surface area contributed by atoms with E-state index in [1.54, 1.807) is 0 Å². The van der Waals surface area contributed by atoms with Crippen LogP contribution in [0.15, 0.2) is 0 Å². The Balaban J connectivity index is 1.88. The van der Waals surface area contributed by atoms with Crippen LogP contribution in [0, 0.1) is 17.8 Å². The van der Waals surface area contributed by atoms with Crippen molar-refractivity contribution in [1.29, 1.82) is 0 Å². The molecule has 3 heteroatoms. The minimum Gasteiger partial charge on any atom is -0.343 e. The molecule has 2 saturated carbocycles. The Labute approximate surface area is 122 Å². The topological polar surface area (TPSA) is 20.3 Å². The van der Waals surface area contributed by atoms with Gasteiger partial charge in [0.2, 0.25) is 5.91 Å². The van der Waals surface area contributed by atoms with Crippen LogP contribution >= 0.6 is 11.6 Å². The average molecular weight is 286 g/mol. The summed E-state index contributed by atoms with van der Waals surface area (Å²) >= 11 is 5.75. The Morgan fingerprint density at radius 1 is 1.16 bits per heavy atom. The molecule has 0 radical (unpaired) electrons. The van der Waals surface area contributed by atoms with E-state index in [1.807, 2.05) is 4.90 Å². The molecule has 2 rings (SSSR count). The number of halogens is 1. The molecule has 2 fully saturated rings. The highest BCUT2D eigenvalue weighted by molar-refractivity contribution is 6.17. The number of nitrogens with zero attached hydrogens (tertiary/aromatic N) is 1. The van der Waals surface area contributed by atoms with Crippen LogP contribution in [0.25, 0.3) is 0 Å². The van der Waals surface area contributed by atoms with Gasteiger partial charge in [0.05, 0.1) is 0 Å². The maximum Gasteiger partial charge on any atom is 0.225 e. The molecule has 0 bridgehead atoms. The Hall–Kier alpha value is -0.240. The minimum absolute atomic E-state index is 0.301. The summed E-state index contributed by atoms with van der Waals surface area (Å²) < 4.78 is 0. The SMILES string of the molecule is CCN(CCCCl)C(=O)C1CCC2CCCCC2C1. The maximum absolute atomic E-state index is 12.6. The highest BCUT2D eigenvalue weighted by Gasteiger charge is 2.36. The van der Waals surface area contributed by atoms with Crippen molar-refractivity contribution in [2.75, 3.05) is 19.0 Å². The van der Waals surface area contributed by atoms with Crippen LogP contribution in [0.5, 0.6) is 0 Å². The molecule has 0 aromatic rings. The van der Waals surface area contributed by atoms with Crippen molar-refractivity contribution in [3.63, 3.8) is 0 Å². The lowest BCUT2D eigenvalue weighted by atomic mass is 9.67. The van der Waals surface area contributed by atoms with Crippen LogP contribution in [-0.4, -0.2) is 29.8 Å². The molecule has 0 heterocycles. The lowest BCUT2D eigenvalue weighted by molar-refractivity contribution is -0.137. The number of hydrogen-bond acceptors (Lipinski definition) is 1. The number of alkyl halides is 1. The van der Waals surface area contributed by atoms with Crippen LogP contribution in [0.4, 0.5) is 0 Å². The molecule has 2 nitrogen and oxygen atoms in total. The van der Waals surface area contributed by atoms with Crippen LogP contribution in [0.1, 0.15) is 58.3 Å². The number of carbonyl (C=O) groups is 1. The molecule has 0 aromatic heterocycles. The van der Waals surface area contributed by atoms with Gasteiger partial charge in [-0.05, 0) is 44.4 Å². The lowest BCUT2D eigenvalue weighted by Gasteiger charge is -2.40. The normalized spacial score (nSPS) is 30.7. The highest BCUT2D eigenvalue weighted by Crippen LogP contribution is 2.43. The summed E-state index contributed by atoms with van der Waals surface area (Å²) in [6, 6.07) is 0. The molecule has 110 valence electrons. The van der Waals surface area contributed by atoms with Gasteiger partial charge in [0.15, 0.2) is 0 Å². The Bertz CT molecular complexity index is 294. The molecule has 3 atom stereocenters. The Morgan fingerprint density at radius 3 is 2.58 bits per heavy atom. The summed E-state index contributed by atoms with van der Waals surface area (Å²) in [4.78, 5) is 14.6. The van der Waals surface area contributed by atoms with Gasteiger partial charge in [0, 0.05) is 24.9 Å². The number of amides is 1. The predicted octanol–water partition coefficient (Wildman–Crippen LogP) is 4.07. The zero-order valence-corrected chi connectivity index (χ0v) is 13.0. The quantitative estimate of drug-likeness (QED) is 0.697. The fourth-order valence-corrected chi connectivity index (χ4v) is 4.15. The molecule has 0 N–H and O–H groups in total. The molecule has 2 aliphatic rings. The summed E-state index contributed by atoms with van der Waals surface area (Å²) in [6.07, 6.45) is 10.0. The highest BCUT2D eigenvalue weighted by atomic mass is 35.5. The van der Waals surface area contributed by atoms with Gasteiger partial charge in [-0.2, -0.15) is 0 Å². The maximum atomic E-state index is 12.6. The minimum atomic E-state index is 0.301. The molecular formula is C16H28ClNO. The van der Waals surface area contributed by atoms with Crippen molar-refractivity contribution in [2.45, 2.75) is 58.3 Å². The number of rotatable bonds is 5. The first-order chi connectivity index (χ1) is 9.26. The number of hydrogen-bond donors (Lipinski definition) is 0. The third kappa shape index (κ3) is 3.87. The molecule has 19 heavy (non-hydrogen) atoms. The molecule has 0 spiro atoms. The van der Waals surface area contributed by atoms with Gasteiger partial charge in [0.25, 0.3) is 0 Å². The summed E-state index contributed by atoms with van der Waals surface area (Å²) in [5.41, 5.74) is 0. The lowest BCUT2D eigenvalue weighted by Crippen LogP contribution is -2.40. The third-order valence-electron chi connectivity index (χ3n) is 5.14. The molecule has 3 unspecified atom stereocenters.